The van der Waals surface area contributed by atoms with Gasteiger partial charge < -0.3 is 9.30 Å². The molecular formula is C16H14N4O5. The number of rotatable bonds is 5. The van der Waals surface area contributed by atoms with Crippen LogP contribution in [0.4, 0.5) is 11.6 Å². The monoisotopic (exact) mass is 342 g/mol. The molecule has 128 valence electrons. The van der Waals surface area contributed by atoms with Gasteiger partial charge in [-0.25, -0.2) is 9.98 Å². The van der Waals surface area contributed by atoms with E-state index in [1.165, 1.54) is 24.4 Å². The molecule has 9 heteroatoms. The van der Waals surface area contributed by atoms with Crippen LogP contribution in [-0.2, 0) is 14.3 Å². The fraction of sp³-hybridized carbons (Fsp3) is 0.250. The second kappa shape index (κ2) is 6.63. The Balaban J connectivity index is 2.17. The number of carbonyl (C=O) groups is 2. The molecule has 9 nitrogen and oxygen atoms in total. The normalized spacial score (nSPS) is 18.8. The van der Waals surface area contributed by atoms with Gasteiger partial charge in [-0.1, -0.05) is 12.1 Å². The third kappa shape index (κ3) is 2.91. The molecule has 2 heterocycles. The van der Waals surface area contributed by atoms with Crippen LogP contribution < -0.4 is 0 Å². The Morgan fingerprint density at radius 1 is 1.48 bits per heavy atom. The van der Waals surface area contributed by atoms with Crippen LogP contribution in [-0.4, -0.2) is 39.0 Å². The first-order chi connectivity index (χ1) is 12.1. The molecular weight excluding hydrogens is 328 g/mol. The predicted octanol–water partition coefficient (Wildman–Crippen LogP) is 1.84. The van der Waals surface area contributed by atoms with Crippen LogP contribution in [0.15, 0.2) is 41.7 Å². The average Bonchev–Trinajstić information content (AvgIpc) is 3.08. The minimum Gasteiger partial charge on any atom is -0.465 e. The largest absolute Gasteiger partial charge is 0.465 e. The van der Waals surface area contributed by atoms with Crippen molar-refractivity contribution in [2.24, 2.45) is 10.9 Å². The summed E-state index contributed by atoms with van der Waals surface area (Å²) in [5, 5.41) is 11.1. The number of imidazole rings is 1. The highest BCUT2D eigenvalue weighted by molar-refractivity contribution is 6.34. The standard InChI is InChI=1S/C16H14N4O5/c1-2-25-15(22)13-12(9-21)18-16-17-6-7-19(16)14(13)10-4-3-5-11(8-10)20(23)24/h3-9,13-14H,2H2,1H3. The van der Waals surface area contributed by atoms with E-state index in [2.05, 4.69) is 9.98 Å². The molecule has 0 saturated heterocycles. The van der Waals surface area contributed by atoms with E-state index >= 15 is 0 Å². The summed E-state index contributed by atoms with van der Waals surface area (Å²) in [7, 11) is 0. The molecule has 25 heavy (non-hydrogen) atoms. The highest BCUT2D eigenvalue weighted by atomic mass is 16.6. The van der Waals surface area contributed by atoms with Crippen molar-refractivity contribution < 1.29 is 19.2 Å². The molecule has 0 N–H and O–H groups in total. The first-order valence-corrected chi connectivity index (χ1v) is 7.54. The summed E-state index contributed by atoms with van der Waals surface area (Å²) in [5.74, 6) is -1.38. The number of fused-ring (bicyclic) bond motifs is 1. The Bertz CT molecular complexity index is 873. The van der Waals surface area contributed by atoms with Crippen molar-refractivity contribution in [3.05, 3.63) is 52.3 Å². The van der Waals surface area contributed by atoms with Crippen molar-refractivity contribution in [3.63, 3.8) is 0 Å². The first-order valence-electron chi connectivity index (χ1n) is 7.54. The van der Waals surface area contributed by atoms with Crippen LogP contribution in [0.5, 0.6) is 0 Å². The molecule has 0 fully saturated rings. The number of hydrogen-bond donors (Lipinski definition) is 0. The fourth-order valence-electron chi connectivity index (χ4n) is 2.87. The maximum atomic E-state index is 12.5. The molecule has 0 saturated carbocycles. The van der Waals surface area contributed by atoms with E-state index in [0.29, 0.717) is 11.8 Å². The van der Waals surface area contributed by atoms with Crippen LogP contribution in [0, 0.1) is 16.0 Å². The number of nitro benzene ring substituents is 1. The number of carbonyl (C=O) groups excluding carboxylic acids is 2. The lowest BCUT2D eigenvalue weighted by molar-refractivity contribution is -0.384. The minimum atomic E-state index is -1.01. The third-order valence-electron chi connectivity index (χ3n) is 3.90. The number of nitrogens with zero attached hydrogens (tertiary/aromatic N) is 4. The summed E-state index contributed by atoms with van der Waals surface area (Å²) in [5.41, 5.74) is 0.353. The molecule has 1 aliphatic heterocycles. The Morgan fingerprint density at radius 3 is 2.96 bits per heavy atom. The van der Waals surface area contributed by atoms with Crippen LogP contribution in [0.25, 0.3) is 0 Å². The van der Waals surface area contributed by atoms with Crippen molar-refractivity contribution in [2.75, 3.05) is 6.61 Å². The molecule has 2 unspecified atom stereocenters. The second-order valence-corrected chi connectivity index (χ2v) is 5.32. The molecule has 0 amide bonds. The number of benzene rings is 1. The number of ether oxygens (including phenoxy) is 1. The Labute approximate surface area is 142 Å². The molecule has 1 aliphatic rings. The van der Waals surface area contributed by atoms with Crippen molar-refractivity contribution in [3.8, 4) is 0 Å². The van der Waals surface area contributed by atoms with E-state index in [-0.39, 0.29) is 24.0 Å². The number of hydrogen-bond acceptors (Lipinski definition) is 7. The smallest absolute Gasteiger partial charge is 0.317 e. The summed E-state index contributed by atoms with van der Waals surface area (Å²) in [6.45, 7) is 1.80. The lowest BCUT2D eigenvalue weighted by Gasteiger charge is -2.30. The first kappa shape index (κ1) is 16.5. The SMILES string of the molecule is CCOC(=O)C1C(C=O)=Nc2nccn2C1c1cccc([N+](=O)[O-])c1. The quantitative estimate of drug-likeness (QED) is 0.354. The summed E-state index contributed by atoms with van der Waals surface area (Å²) >= 11 is 0. The average molecular weight is 342 g/mol. The van der Waals surface area contributed by atoms with Crippen LogP contribution in [0.1, 0.15) is 18.5 Å². The maximum absolute atomic E-state index is 12.5. The van der Waals surface area contributed by atoms with Crippen molar-refractivity contribution in [2.45, 2.75) is 13.0 Å². The second-order valence-electron chi connectivity index (χ2n) is 5.32. The number of nitro groups is 1. The zero-order valence-corrected chi connectivity index (χ0v) is 13.2. The van der Waals surface area contributed by atoms with E-state index in [4.69, 9.17) is 4.74 Å². The lowest BCUT2D eigenvalue weighted by Crippen LogP contribution is -2.38. The van der Waals surface area contributed by atoms with Gasteiger partial charge in [0.1, 0.15) is 11.6 Å². The van der Waals surface area contributed by atoms with E-state index < -0.39 is 22.9 Å². The molecule has 1 aromatic heterocycles. The molecule has 0 aliphatic carbocycles. The van der Waals surface area contributed by atoms with Gasteiger partial charge in [-0.15, -0.1) is 0 Å². The summed E-state index contributed by atoms with van der Waals surface area (Å²) in [4.78, 5) is 42.7. The Kier molecular flexibility index (Phi) is 4.38. The van der Waals surface area contributed by atoms with Gasteiger partial charge >= 0.3 is 5.97 Å². The molecule has 0 spiro atoms. The fourth-order valence-corrected chi connectivity index (χ4v) is 2.87. The predicted molar refractivity (Wildman–Crippen MR) is 86.7 cm³/mol. The summed E-state index contributed by atoms with van der Waals surface area (Å²) in [6.07, 6.45) is 3.58. The van der Waals surface area contributed by atoms with Crippen LogP contribution in [0.2, 0.25) is 0 Å². The van der Waals surface area contributed by atoms with Crippen molar-refractivity contribution >= 4 is 29.6 Å². The van der Waals surface area contributed by atoms with Gasteiger partial charge in [-0.05, 0) is 12.5 Å². The zero-order valence-electron chi connectivity index (χ0n) is 13.2. The molecule has 2 aromatic rings. The summed E-state index contributed by atoms with van der Waals surface area (Å²) in [6, 6.07) is 5.19. The topological polar surface area (TPSA) is 117 Å². The van der Waals surface area contributed by atoms with Gasteiger partial charge in [0.15, 0.2) is 6.29 Å². The van der Waals surface area contributed by atoms with Gasteiger partial charge in [0.25, 0.3) is 5.69 Å². The molecule has 2 atom stereocenters. The Hall–Kier alpha value is -3.36. The number of non-ortho nitro benzene ring substituents is 1. The highest BCUT2D eigenvalue weighted by Gasteiger charge is 2.40. The van der Waals surface area contributed by atoms with Gasteiger partial charge in [0.2, 0.25) is 5.95 Å². The third-order valence-corrected chi connectivity index (χ3v) is 3.90. The van der Waals surface area contributed by atoms with Crippen LogP contribution >= 0.6 is 0 Å². The van der Waals surface area contributed by atoms with Crippen molar-refractivity contribution in [1.29, 1.82) is 0 Å². The van der Waals surface area contributed by atoms with Crippen LogP contribution in [0.3, 0.4) is 0 Å². The van der Waals surface area contributed by atoms with Gasteiger partial charge in [-0.2, -0.15) is 0 Å². The number of esters is 1. The van der Waals surface area contributed by atoms with Gasteiger partial charge in [-0.3, -0.25) is 19.7 Å². The number of aromatic nitrogens is 2. The summed E-state index contributed by atoms with van der Waals surface area (Å²) < 4.78 is 6.69. The van der Waals surface area contributed by atoms with Gasteiger partial charge in [0, 0.05) is 24.5 Å². The molecule has 3 rings (SSSR count). The van der Waals surface area contributed by atoms with Gasteiger partial charge in [0.05, 0.1) is 17.6 Å². The molecule has 1 aromatic carbocycles. The Morgan fingerprint density at radius 2 is 2.28 bits per heavy atom. The van der Waals surface area contributed by atoms with E-state index in [0.717, 1.165) is 0 Å². The number of aldehydes is 1. The zero-order chi connectivity index (χ0) is 18.0. The number of aliphatic imine (C=N–C) groups is 1. The van der Waals surface area contributed by atoms with Crippen molar-refractivity contribution in [1.82, 2.24) is 9.55 Å². The molecule has 0 bridgehead atoms. The highest BCUT2D eigenvalue weighted by Crippen LogP contribution is 2.37. The maximum Gasteiger partial charge on any atom is 0.317 e. The molecule has 0 radical (unpaired) electrons. The van der Waals surface area contributed by atoms with E-state index in [1.807, 2.05) is 0 Å². The minimum absolute atomic E-state index is 0.0198. The van der Waals surface area contributed by atoms with E-state index in [9.17, 15) is 19.7 Å². The lowest BCUT2D eigenvalue weighted by atomic mass is 9.87. The van der Waals surface area contributed by atoms with E-state index in [1.54, 1.807) is 23.8 Å².